The minimum Gasteiger partial charge on any atom is -0.474 e. The minimum atomic E-state index is -0.175. The van der Waals surface area contributed by atoms with Gasteiger partial charge in [0.25, 0.3) is 0 Å². The van der Waals surface area contributed by atoms with E-state index in [4.69, 9.17) is 9.47 Å². The normalized spacial score (nSPS) is 10.7. The van der Waals surface area contributed by atoms with Gasteiger partial charge in [-0.05, 0) is 24.6 Å². The smallest absolute Gasteiger partial charge is 0.237 e. The molecule has 1 aromatic carbocycles. The van der Waals surface area contributed by atoms with Crippen LogP contribution in [-0.2, 0) is 16.1 Å². The molecule has 0 aliphatic heterocycles. The highest BCUT2D eigenvalue weighted by molar-refractivity contribution is 7.99. The van der Waals surface area contributed by atoms with Crippen molar-refractivity contribution in [1.82, 2.24) is 19.7 Å². The fourth-order valence-corrected chi connectivity index (χ4v) is 3.34. The first-order valence-corrected chi connectivity index (χ1v) is 10.1. The topological polar surface area (TPSA) is 91.2 Å². The maximum atomic E-state index is 12.4. The number of rotatable bonds is 10. The maximum Gasteiger partial charge on any atom is 0.237 e. The molecule has 3 aromatic rings. The zero-order valence-electron chi connectivity index (χ0n) is 16.4. The average molecular weight is 414 g/mol. The van der Waals surface area contributed by atoms with Gasteiger partial charge in [0.2, 0.25) is 11.8 Å². The predicted octanol–water partition coefficient (Wildman–Crippen LogP) is 2.79. The summed E-state index contributed by atoms with van der Waals surface area (Å²) < 4.78 is 12.5. The van der Waals surface area contributed by atoms with E-state index in [0.717, 1.165) is 11.4 Å². The second kappa shape index (κ2) is 10.6. The third-order valence-corrected chi connectivity index (χ3v) is 4.96. The van der Waals surface area contributed by atoms with Crippen molar-refractivity contribution in [3.8, 4) is 5.88 Å². The van der Waals surface area contributed by atoms with Crippen molar-refractivity contribution in [1.29, 1.82) is 0 Å². The van der Waals surface area contributed by atoms with Gasteiger partial charge in [-0.15, -0.1) is 10.2 Å². The molecule has 0 saturated carbocycles. The molecule has 0 saturated heterocycles. The van der Waals surface area contributed by atoms with Gasteiger partial charge in [0.1, 0.15) is 18.1 Å². The van der Waals surface area contributed by atoms with E-state index in [0.29, 0.717) is 36.5 Å². The van der Waals surface area contributed by atoms with Gasteiger partial charge in [-0.25, -0.2) is 4.98 Å². The van der Waals surface area contributed by atoms with E-state index < -0.39 is 0 Å². The van der Waals surface area contributed by atoms with Gasteiger partial charge in [0.05, 0.1) is 18.9 Å². The lowest BCUT2D eigenvalue weighted by atomic mass is 10.2. The van der Waals surface area contributed by atoms with Crippen molar-refractivity contribution in [2.24, 2.45) is 0 Å². The Morgan fingerprint density at radius 1 is 1.14 bits per heavy atom. The molecule has 8 nitrogen and oxygen atoms in total. The Hall–Kier alpha value is -2.91. The number of aromatic nitrogens is 4. The molecule has 2 aromatic heterocycles. The van der Waals surface area contributed by atoms with Gasteiger partial charge in [-0.3, -0.25) is 4.79 Å². The van der Waals surface area contributed by atoms with Crippen LogP contribution in [0, 0.1) is 6.92 Å². The zero-order valence-corrected chi connectivity index (χ0v) is 17.2. The second-order valence-electron chi connectivity index (χ2n) is 6.14. The third kappa shape index (κ3) is 6.03. The summed E-state index contributed by atoms with van der Waals surface area (Å²) in [5.74, 6) is 1.19. The predicted molar refractivity (Wildman–Crippen MR) is 111 cm³/mol. The molecule has 0 bridgehead atoms. The van der Waals surface area contributed by atoms with E-state index in [1.807, 2.05) is 41.8 Å². The van der Waals surface area contributed by atoms with Gasteiger partial charge in [-0.1, -0.05) is 42.1 Å². The maximum absolute atomic E-state index is 12.4. The van der Waals surface area contributed by atoms with Crippen LogP contribution in [0.5, 0.6) is 5.88 Å². The largest absolute Gasteiger partial charge is 0.474 e. The van der Waals surface area contributed by atoms with Crippen LogP contribution in [0.1, 0.15) is 11.4 Å². The van der Waals surface area contributed by atoms with Crippen molar-refractivity contribution in [3.63, 3.8) is 0 Å². The average Bonchev–Trinajstić information content (AvgIpc) is 3.08. The van der Waals surface area contributed by atoms with Gasteiger partial charge < -0.3 is 19.4 Å². The summed E-state index contributed by atoms with van der Waals surface area (Å²) in [6.45, 7) is 3.35. The summed E-state index contributed by atoms with van der Waals surface area (Å²) in [6.07, 6.45) is 1.61. The summed E-state index contributed by atoms with van der Waals surface area (Å²) >= 11 is 1.34. The second-order valence-corrected chi connectivity index (χ2v) is 7.08. The molecule has 0 spiro atoms. The lowest BCUT2D eigenvalue weighted by Gasteiger charge is -2.11. The number of methoxy groups -OCH3 is 1. The minimum absolute atomic E-state index is 0.175. The van der Waals surface area contributed by atoms with Crippen molar-refractivity contribution in [2.75, 3.05) is 31.4 Å². The number of pyridine rings is 1. The Bertz CT molecular complexity index is 933. The summed E-state index contributed by atoms with van der Waals surface area (Å²) in [5, 5.41) is 11.9. The quantitative estimate of drug-likeness (QED) is 0.404. The van der Waals surface area contributed by atoms with Crippen LogP contribution >= 0.6 is 11.8 Å². The number of nitrogens with zero attached hydrogens (tertiary/aromatic N) is 4. The van der Waals surface area contributed by atoms with Crippen LogP contribution in [0.4, 0.5) is 5.69 Å². The van der Waals surface area contributed by atoms with Crippen molar-refractivity contribution in [3.05, 3.63) is 60.0 Å². The van der Waals surface area contributed by atoms with E-state index in [2.05, 4.69) is 20.5 Å². The van der Waals surface area contributed by atoms with Crippen molar-refractivity contribution >= 4 is 23.4 Å². The Morgan fingerprint density at radius 2 is 1.97 bits per heavy atom. The number of nitrogens with one attached hydrogen (secondary N) is 1. The van der Waals surface area contributed by atoms with E-state index >= 15 is 0 Å². The lowest BCUT2D eigenvalue weighted by Crippen LogP contribution is -2.16. The Kier molecular flexibility index (Phi) is 7.60. The van der Waals surface area contributed by atoms with Crippen LogP contribution in [-0.4, -0.2) is 51.7 Å². The van der Waals surface area contributed by atoms with Crippen LogP contribution in [0.2, 0.25) is 0 Å². The number of aryl methyl sites for hydroxylation is 1. The highest BCUT2D eigenvalue weighted by Gasteiger charge is 2.14. The van der Waals surface area contributed by atoms with Crippen LogP contribution in [0.15, 0.2) is 53.8 Å². The van der Waals surface area contributed by atoms with Gasteiger partial charge in [0, 0.05) is 13.3 Å². The number of ether oxygens (including phenoxy) is 2. The molecule has 0 aliphatic rings. The van der Waals surface area contributed by atoms with E-state index in [-0.39, 0.29) is 11.7 Å². The number of carbonyl (C=O) groups excluding carboxylic acids is 1. The Balaban J connectivity index is 1.59. The zero-order chi connectivity index (χ0) is 20.5. The number of hydrogen-bond acceptors (Lipinski definition) is 7. The van der Waals surface area contributed by atoms with Crippen molar-refractivity contribution in [2.45, 2.75) is 18.6 Å². The summed E-state index contributed by atoms with van der Waals surface area (Å²) in [6, 6.07) is 13.6. The number of anilines is 1. The molecular weight excluding hydrogens is 390 g/mol. The summed E-state index contributed by atoms with van der Waals surface area (Å²) in [7, 11) is 1.60. The lowest BCUT2D eigenvalue weighted by molar-refractivity contribution is -0.113. The first-order chi connectivity index (χ1) is 14.2. The fraction of sp³-hybridized carbons (Fsp3) is 0.300. The molecule has 0 radical (unpaired) electrons. The number of hydrogen-bond donors (Lipinski definition) is 1. The standard InChI is InChI=1S/C20H23N5O3S/c1-15-23-24-20(25(15)13-16-7-4-3-5-8-16)29-14-18(26)22-17-9-6-10-21-19(17)28-12-11-27-2/h3-10H,11-14H2,1-2H3,(H,22,26). The number of amides is 1. The first-order valence-electron chi connectivity index (χ1n) is 9.10. The summed E-state index contributed by atoms with van der Waals surface area (Å²) in [5.41, 5.74) is 1.67. The number of carbonyl (C=O) groups is 1. The van der Waals surface area contributed by atoms with Crippen molar-refractivity contribution < 1.29 is 14.3 Å². The molecule has 1 N–H and O–H groups in total. The molecule has 2 heterocycles. The SMILES string of the molecule is COCCOc1ncccc1NC(=O)CSc1nnc(C)n1Cc1ccccc1. The van der Waals surface area contributed by atoms with Crippen LogP contribution in [0.25, 0.3) is 0 Å². The number of thioether (sulfide) groups is 1. The van der Waals surface area contributed by atoms with E-state index in [9.17, 15) is 4.79 Å². The van der Waals surface area contributed by atoms with Gasteiger partial charge in [-0.2, -0.15) is 0 Å². The molecule has 0 unspecified atom stereocenters. The van der Waals surface area contributed by atoms with Crippen LogP contribution in [0.3, 0.4) is 0 Å². The monoisotopic (exact) mass is 413 g/mol. The van der Waals surface area contributed by atoms with E-state index in [1.54, 1.807) is 25.4 Å². The Labute approximate surface area is 173 Å². The molecule has 0 aliphatic carbocycles. The Morgan fingerprint density at radius 3 is 2.76 bits per heavy atom. The molecule has 29 heavy (non-hydrogen) atoms. The van der Waals surface area contributed by atoms with Crippen LogP contribution < -0.4 is 10.1 Å². The number of benzene rings is 1. The van der Waals surface area contributed by atoms with Gasteiger partial charge in [0.15, 0.2) is 5.16 Å². The molecule has 9 heteroatoms. The highest BCUT2D eigenvalue weighted by atomic mass is 32.2. The first kappa shape index (κ1) is 20.8. The van der Waals surface area contributed by atoms with Gasteiger partial charge >= 0.3 is 0 Å². The fourth-order valence-electron chi connectivity index (χ4n) is 2.56. The molecule has 0 fully saturated rings. The molecule has 152 valence electrons. The molecular formula is C20H23N5O3S. The molecule has 0 atom stereocenters. The summed E-state index contributed by atoms with van der Waals surface area (Å²) in [4.78, 5) is 16.6. The van der Waals surface area contributed by atoms with E-state index in [1.165, 1.54) is 11.8 Å². The third-order valence-electron chi connectivity index (χ3n) is 3.99. The highest BCUT2D eigenvalue weighted by Crippen LogP contribution is 2.22. The molecule has 1 amide bonds. The molecule has 3 rings (SSSR count).